The van der Waals surface area contributed by atoms with Crippen LogP contribution in [-0.4, -0.2) is 10.8 Å². The van der Waals surface area contributed by atoms with E-state index in [-0.39, 0.29) is 12.2 Å². The van der Waals surface area contributed by atoms with Gasteiger partial charge in [-0.25, -0.2) is 4.39 Å². The molecule has 0 spiro atoms. The Balaban J connectivity index is 1.99. The van der Waals surface area contributed by atoms with Gasteiger partial charge in [0.15, 0.2) is 5.78 Å². The maximum absolute atomic E-state index is 13.3. The van der Waals surface area contributed by atoms with Crippen LogP contribution in [0.3, 0.4) is 0 Å². The predicted octanol–water partition coefficient (Wildman–Crippen LogP) is 4.45. The molecule has 2 aromatic carbocycles. The Morgan fingerprint density at radius 2 is 1.95 bits per heavy atom. The van der Waals surface area contributed by atoms with E-state index in [0.717, 1.165) is 5.39 Å². The van der Waals surface area contributed by atoms with E-state index in [1.165, 1.54) is 18.2 Å². The molecule has 3 rings (SSSR count). The van der Waals surface area contributed by atoms with Gasteiger partial charge in [-0.15, -0.1) is 0 Å². The van der Waals surface area contributed by atoms with Crippen molar-refractivity contribution in [2.45, 2.75) is 6.42 Å². The maximum Gasteiger partial charge on any atom is 0.169 e. The molecule has 2 nitrogen and oxygen atoms in total. The zero-order chi connectivity index (χ0) is 14.8. The summed E-state index contributed by atoms with van der Waals surface area (Å²) in [6.45, 7) is 0. The fraction of sp³-hybridized carbons (Fsp3) is 0.0588. The van der Waals surface area contributed by atoms with E-state index in [4.69, 9.17) is 11.6 Å². The van der Waals surface area contributed by atoms with Gasteiger partial charge in [-0.05, 0) is 35.9 Å². The number of aromatic nitrogens is 1. The van der Waals surface area contributed by atoms with Crippen molar-refractivity contribution in [3.8, 4) is 0 Å². The molecule has 1 heterocycles. The van der Waals surface area contributed by atoms with Gasteiger partial charge >= 0.3 is 0 Å². The SMILES string of the molecule is O=C(Cc1cc(F)ccc1Cl)c1cccc2cccnc12. The summed E-state index contributed by atoms with van der Waals surface area (Å²) in [6.07, 6.45) is 1.69. The smallest absolute Gasteiger partial charge is 0.169 e. The fourth-order valence-corrected chi connectivity index (χ4v) is 2.46. The molecule has 0 N–H and O–H groups in total. The molecule has 0 saturated carbocycles. The molecule has 3 aromatic rings. The lowest BCUT2D eigenvalue weighted by Gasteiger charge is -2.06. The first-order valence-electron chi connectivity index (χ1n) is 6.46. The van der Waals surface area contributed by atoms with Crippen molar-refractivity contribution in [1.82, 2.24) is 4.98 Å². The molecule has 0 fully saturated rings. The molecule has 0 bridgehead atoms. The molecule has 0 radical (unpaired) electrons. The Bertz CT molecular complexity index is 827. The number of carbonyl (C=O) groups excluding carboxylic acids is 1. The number of Topliss-reactive ketones (excluding diaryl/α,β-unsaturated/α-hetero) is 1. The molecule has 1 aromatic heterocycles. The number of para-hydroxylation sites is 1. The minimum absolute atomic E-state index is 0.0479. The molecule has 0 atom stereocenters. The van der Waals surface area contributed by atoms with Gasteiger partial charge in [-0.3, -0.25) is 9.78 Å². The average molecular weight is 300 g/mol. The van der Waals surface area contributed by atoms with Crippen LogP contribution in [0.4, 0.5) is 4.39 Å². The second kappa shape index (κ2) is 5.62. The van der Waals surface area contributed by atoms with Crippen molar-refractivity contribution in [2.24, 2.45) is 0 Å². The largest absolute Gasteiger partial charge is 0.294 e. The quantitative estimate of drug-likeness (QED) is 0.669. The monoisotopic (exact) mass is 299 g/mol. The Hall–Kier alpha value is -2.26. The summed E-state index contributed by atoms with van der Waals surface area (Å²) in [4.78, 5) is 16.7. The Morgan fingerprint density at radius 1 is 1.14 bits per heavy atom. The number of nitrogens with zero attached hydrogens (tertiary/aromatic N) is 1. The molecule has 0 saturated heterocycles. The van der Waals surface area contributed by atoms with Gasteiger partial charge in [-0.1, -0.05) is 29.8 Å². The van der Waals surface area contributed by atoms with Crippen molar-refractivity contribution >= 4 is 28.3 Å². The van der Waals surface area contributed by atoms with Gasteiger partial charge < -0.3 is 0 Å². The summed E-state index contributed by atoms with van der Waals surface area (Å²) in [5.41, 5.74) is 1.65. The number of hydrogen-bond donors (Lipinski definition) is 0. The summed E-state index contributed by atoms with van der Waals surface area (Å²) in [5, 5.41) is 1.28. The highest BCUT2D eigenvalue weighted by atomic mass is 35.5. The lowest BCUT2D eigenvalue weighted by molar-refractivity contribution is 0.0994. The van der Waals surface area contributed by atoms with Crippen LogP contribution >= 0.6 is 11.6 Å². The standard InChI is InChI=1S/C17H11ClFNO/c18-15-7-6-13(19)9-12(15)10-16(21)14-5-1-3-11-4-2-8-20-17(11)14/h1-9H,10H2. The summed E-state index contributed by atoms with van der Waals surface area (Å²) in [6, 6.07) is 13.2. The number of benzene rings is 2. The molecular weight excluding hydrogens is 289 g/mol. The zero-order valence-electron chi connectivity index (χ0n) is 11.0. The number of hydrogen-bond acceptors (Lipinski definition) is 2. The molecule has 0 unspecified atom stereocenters. The highest BCUT2D eigenvalue weighted by Gasteiger charge is 2.13. The second-order valence-corrected chi connectivity index (χ2v) is 5.12. The summed E-state index contributed by atoms with van der Waals surface area (Å²) < 4.78 is 13.3. The molecule has 21 heavy (non-hydrogen) atoms. The van der Waals surface area contributed by atoms with Crippen molar-refractivity contribution in [2.75, 3.05) is 0 Å². The van der Waals surface area contributed by atoms with Crippen LogP contribution in [0.25, 0.3) is 10.9 Å². The first-order valence-corrected chi connectivity index (χ1v) is 6.84. The number of rotatable bonds is 3. The highest BCUT2D eigenvalue weighted by molar-refractivity contribution is 6.31. The van der Waals surface area contributed by atoms with Gasteiger partial charge in [0, 0.05) is 28.6 Å². The van der Waals surface area contributed by atoms with Gasteiger partial charge in [0.05, 0.1) is 5.52 Å². The van der Waals surface area contributed by atoms with Gasteiger partial charge in [0.1, 0.15) is 5.82 Å². The summed E-state index contributed by atoms with van der Waals surface area (Å²) >= 11 is 6.01. The predicted molar refractivity (Wildman–Crippen MR) is 81.2 cm³/mol. The summed E-state index contributed by atoms with van der Waals surface area (Å²) in [5.74, 6) is -0.537. The van der Waals surface area contributed by atoms with Crippen molar-refractivity contribution in [1.29, 1.82) is 0 Å². The molecule has 0 aliphatic heterocycles. The maximum atomic E-state index is 13.3. The number of halogens is 2. The van der Waals surface area contributed by atoms with Crippen LogP contribution in [0.1, 0.15) is 15.9 Å². The molecule has 104 valence electrons. The number of pyridine rings is 1. The third kappa shape index (κ3) is 2.78. The second-order valence-electron chi connectivity index (χ2n) is 4.72. The van der Waals surface area contributed by atoms with Crippen molar-refractivity contribution in [3.05, 3.63) is 76.7 Å². The van der Waals surface area contributed by atoms with Crippen LogP contribution in [0.2, 0.25) is 5.02 Å². The van der Waals surface area contributed by atoms with Gasteiger partial charge in [0.25, 0.3) is 0 Å². The first kappa shape index (κ1) is 13.7. The minimum Gasteiger partial charge on any atom is -0.294 e. The molecule has 0 aliphatic rings. The lowest BCUT2D eigenvalue weighted by atomic mass is 10.0. The number of fused-ring (bicyclic) bond motifs is 1. The van der Waals surface area contributed by atoms with Crippen molar-refractivity contribution < 1.29 is 9.18 Å². The topological polar surface area (TPSA) is 30.0 Å². The van der Waals surface area contributed by atoms with E-state index in [9.17, 15) is 9.18 Å². The minimum atomic E-state index is -0.404. The van der Waals surface area contributed by atoms with E-state index in [0.29, 0.717) is 21.7 Å². The molecule has 0 amide bonds. The zero-order valence-corrected chi connectivity index (χ0v) is 11.8. The number of ketones is 1. The van der Waals surface area contributed by atoms with E-state index in [2.05, 4.69) is 4.98 Å². The molecular formula is C17H11ClFNO. The summed E-state index contributed by atoms with van der Waals surface area (Å²) in [7, 11) is 0. The van der Waals surface area contributed by atoms with Gasteiger partial charge in [0.2, 0.25) is 0 Å². The van der Waals surface area contributed by atoms with Crippen LogP contribution in [-0.2, 0) is 6.42 Å². The normalized spacial score (nSPS) is 10.8. The highest BCUT2D eigenvalue weighted by Crippen LogP contribution is 2.22. The van der Waals surface area contributed by atoms with E-state index < -0.39 is 5.82 Å². The third-order valence-corrected chi connectivity index (χ3v) is 3.66. The van der Waals surface area contributed by atoms with Crippen LogP contribution < -0.4 is 0 Å². The van der Waals surface area contributed by atoms with E-state index in [1.54, 1.807) is 12.3 Å². The molecule has 0 aliphatic carbocycles. The van der Waals surface area contributed by atoms with E-state index in [1.807, 2.05) is 24.3 Å². The Labute approximate surface area is 126 Å². The first-order chi connectivity index (χ1) is 10.1. The third-order valence-electron chi connectivity index (χ3n) is 3.29. The van der Waals surface area contributed by atoms with Crippen molar-refractivity contribution in [3.63, 3.8) is 0 Å². The average Bonchev–Trinajstić information content (AvgIpc) is 2.50. The van der Waals surface area contributed by atoms with Gasteiger partial charge in [-0.2, -0.15) is 0 Å². The molecule has 4 heteroatoms. The van der Waals surface area contributed by atoms with Crippen LogP contribution in [0, 0.1) is 5.82 Å². The number of carbonyl (C=O) groups is 1. The van der Waals surface area contributed by atoms with Crippen LogP contribution in [0.15, 0.2) is 54.7 Å². The lowest BCUT2D eigenvalue weighted by Crippen LogP contribution is -2.05. The van der Waals surface area contributed by atoms with E-state index >= 15 is 0 Å². The fourth-order valence-electron chi connectivity index (χ4n) is 2.28. The Morgan fingerprint density at radius 3 is 2.81 bits per heavy atom. The Kier molecular flexibility index (Phi) is 3.67. The van der Waals surface area contributed by atoms with Crippen LogP contribution in [0.5, 0.6) is 0 Å².